The minimum Gasteiger partial charge on any atom is -0.370 e. The largest absolute Gasteiger partial charge is 0.370 e. The van der Waals surface area contributed by atoms with Gasteiger partial charge in [-0.25, -0.2) is 0 Å². The van der Waals surface area contributed by atoms with Gasteiger partial charge in [0.1, 0.15) is 18.2 Å². The van der Waals surface area contributed by atoms with E-state index >= 15 is 0 Å². The Bertz CT molecular complexity index is 997. The fraction of sp³-hybridized carbons (Fsp3) is 0.333. The lowest BCUT2D eigenvalue weighted by Crippen LogP contribution is -2.38. The van der Waals surface area contributed by atoms with Gasteiger partial charge in [-0.3, -0.25) is 0 Å². The van der Waals surface area contributed by atoms with Crippen LogP contribution in [-0.4, -0.2) is 30.9 Å². The topological polar surface area (TPSA) is 52.4 Å². The molecule has 1 aliphatic carbocycles. The Balaban J connectivity index is 1.34. The number of nitrogens with zero attached hydrogens (tertiary/aromatic N) is 2. The van der Waals surface area contributed by atoms with Crippen LogP contribution in [0.1, 0.15) is 16.7 Å². The lowest BCUT2D eigenvalue weighted by atomic mass is 10.0. The molecular weight excluding hydrogens is 400 g/mol. The van der Waals surface area contributed by atoms with E-state index in [-0.39, 0.29) is 30.3 Å². The second-order valence-corrected chi connectivity index (χ2v) is 8.38. The van der Waals surface area contributed by atoms with Crippen molar-refractivity contribution < 1.29 is 14.2 Å². The zero-order valence-electron chi connectivity index (χ0n) is 18.0. The monoisotopic (exact) mass is 428 g/mol. The lowest BCUT2D eigenvalue weighted by Gasteiger charge is -2.27. The van der Waals surface area contributed by atoms with Crippen molar-refractivity contribution in [3.63, 3.8) is 0 Å². The lowest BCUT2D eigenvalue weighted by molar-refractivity contribution is -0.128. The van der Waals surface area contributed by atoms with Gasteiger partial charge >= 0.3 is 0 Å². The number of fused-ring (bicyclic) bond motifs is 1. The molecule has 164 valence electrons. The molecule has 1 fully saturated rings. The zero-order valence-corrected chi connectivity index (χ0v) is 18.0. The SMILES string of the molecule is c1ccc(CO[C@H]2[C@H](OCc3ccccc3)[C@H]3CN=N[C@H]3[C@@H]2OCc2ccccc2)cc1. The second kappa shape index (κ2) is 10.2. The van der Waals surface area contributed by atoms with E-state index in [1.807, 2.05) is 54.6 Å². The first-order valence-corrected chi connectivity index (χ1v) is 11.2. The molecule has 5 heteroatoms. The number of hydrogen-bond acceptors (Lipinski definition) is 5. The molecule has 3 aromatic carbocycles. The maximum absolute atomic E-state index is 6.48. The average molecular weight is 429 g/mol. The van der Waals surface area contributed by atoms with E-state index < -0.39 is 0 Å². The highest BCUT2D eigenvalue weighted by Gasteiger charge is 2.55. The van der Waals surface area contributed by atoms with E-state index in [0.717, 1.165) is 16.7 Å². The quantitative estimate of drug-likeness (QED) is 0.470. The number of azo groups is 1. The van der Waals surface area contributed by atoms with Gasteiger partial charge in [-0.1, -0.05) is 91.0 Å². The summed E-state index contributed by atoms with van der Waals surface area (Å²) in [5.41, 5.74) is 3.41. The van der Waals surface area contributed by atoms with Gasteiger partial charge in [0.2, 0.25) is 0 Å². The van der Waals surface area contributed by atoms with Gasteiger partial charge < -0.3 is 14.2 Å². The standard InChI is InChI=1S/C27H28N2O3/c1-4-10-20(11-5-1)17-30-25-23-16-28-29-24(23)26(31-18-21-12-6-2-7-13-21)27(25)32-19-22-14-8-3-9-15-22/h1-15,23-27H,16-19H2/t23-,24+,25+,26-,27-/m0/s1. The third kappa shape index (κ3) is 4.80. The molecule has 0 saturated heterocycles. The van der Waals surface area contributed by atoms with Crippen molar-refractivity contribution in [3.8, 4) is 0 Å². The Labute approximate surface area is 189 Å². The molecule has 5 nitrogen and oxygen atoms in total. The third-order valence-corrected chi connectivity index (χ3v) is 6.21. The van der Waals surface area contributed by atoms with Crippen molar-refractivity contribution >= 4 is 0 Å². The number of hydrogen-bond donors (Lipinski definition) is 0. The Hall–Kier alpha value is -2.86. The zero-order chi connectivity index (χ0) is 21.6. The summed E-state index contributed by atoms with van der Waals surface area (Å²) in [5, 5.41) is 8.88. The first-order valence-electron chi connectivity index (χ1n) is 11.2. The molecule has 32 heavy (non-hydrogen) atoms. The molecule has 2 aliphatic rings. The molecule has 3 aromatic rings. The fourth-order valence-corrected chi connectivity index (χ4v) is 4.56. The van der Waals surface area contributed by atoms with Crippen molar-refractivity contribution in [2.45, 2.75) is 44.2 Å². The van der Waals surface area contributed by atoms with Crippen LogP contribution in [-0.2, 0) is 34.0 Å². The summed E-state index contributed by atoms with van der Waals surface area (Å²) in [5.74, 6) is 0.167. The van der Waals surface area contributed by atoms with Gasteiger partial charge in [0.05, 0.1) is 32.5 Å². The van der Waals surface area contributed by atoms with Crippen LogP contribution < -0.4 is 0 Å². The molecular formula is C27H28N2O3. The van der Waals surface area contributed by atoms with Crippen molar-refractivity contribution in [2.24, 2.45) is 16.1 Å². The van der Waals surface area contributed by atoms with E-state index in [2.05, 4.69) is 46.6 Å². The molecule has 0 N–H and O–H groups in total. The molecule has 0 unspecified atom stereocenters. The molecule has 0 amide bonds. The van der Waals surface area contributed by atoms with Crippen LogP contribution >= 0.6 is 0 Å². The third-order valence-electron chi connectivity index (χ3n) is 6.21. The Morgan fingerprint density at radius 2 is 1.00 bits per heavy atom. The van der Waals surface area contributed by atoms with E-state index in [9.17, 15) is 0 Å². The summed E-state index contributed by atoms with van der Waals surface area (Å²) in [6, 6.07) is 30.7. The first kappa shape index (κ1) is 21.0. The minimum atomic E-state index is -0.211. The van der Waals surface area contributed by atoms with Crippen LogP contribution in [0.2, 0.25) is 0 Å². The van der Waals surface area contributed by atoms with Crippen LogP contribution in [0.25, 0.3) is 0 Å². The summed E-state index contributed by atoms with van der Waals surface area (Å²) in [6.45, 7) is 2.21. The van der Waals surface area contributed by atoms with Crippen LogP contribution in [0.5, 0.6) is 0 Å². The molecule has 1 saturated carbocycles. The highest BCUT2D eigenvalue weighted by Crippen LogP contribution is 2.40. The van der Waals surface area contributed by atoms with Crippen LogP contribution in [0.15, 0.2) is 101 Å². The van der Waals surface area contributed by atoms with Crippen LogP contribution in [0.3, 0.4) is 0 Å². The Morgan fingerprint density at radius 1 is 0.562 bits per heavy atom. The van der Waals surface area contributed by atoms with Gasteiger partial charge in [0.15, 0.2) is 0 Å². The van der Waals surface area contributed by atoms with Gasteiger partial charge in [-0.2, -0.15) is 10.2 Å². The Morgan fingerprint density at radius 3 is 1.50 bits per heavy atom. The first-order chi connectivity index (χ1) is 15.9. The molecule has 5 atom stereocenters. The average Bonchev–Trinajstić information content (AvgIpc) is 3.43. The van der Waals surface area contributed by atoms with Gasteiger partial charge in [-0.15, -0.1) is 0 Å². The van der Waals surface area contributed by atoms with Crippen molar-refractivity contribution in [1.29, 1.82) is 0 Å². The van der Waals surface area contributed by atoms with E-state index in [1.54, 1.807) is 0 Å². The summed E-state index contributed by atoms with van der Waals surface area (Å²) in [4.78, 5) is 0. The summed E-state index contributed by atoms with van der Waals surface area (Å²) in [6.07, 6.45) is -0.535. The smallest absolute Gasteiger partial charge is 0.113 e. The van der Waals surface area contributed by atoms with E-state index in [1.165, 1.54) is 0 Å². The van der Waals surface area contributed by atoms with E-state index in [0.29, 0.717) is 26.4 Å². The van der Waals surface area contributed by atoms with E-state index in [4.69, 9.17) is 14.2 Å². The van der Waals surface area contributed by atoms with Crippen molar-refractivity contribution in [1.82, 2.24) is 0 Å². The summed E-state index contributed by atoms with van der Waals surface area (Å²) >= 11 is 0. The maximum atomic E-state index is 6.48. The normalized spacial score (nSPS) is 26.3. The summed E-state index contributed by atoms with van der Waals surface area (Å²) in [7, 11) is 0. The number of ether oxygens (including phenoxy) is 3. The van der Waals surface area contributed by atoms with Gasteiger partial charge in [-0.05, 0) is 16.7 Å². The highest BCUT2D eigenvalue weighted by molar-refractivity contribution is 5.17. The molecule has 0 spiro atoms. The fourth-order valence-electron chi connectivity index (χ4n) is 4.56. The highest BCUT2D eigenvalue weighted by atomic mass is 16.6. The summed E-state index contributed by atoms with van der Waals surface area (Å²) < 4.78 is 19.4. The predicted octanol–water partition coefficient (Wildman–Crippen LogP) is 5.21. The van der Waals surface area contributed by atoms with Crippen LogP contribution in [0, 0.1) is 5.92 Å². The van der Waals surface area contributed by atoms with Gasteiger partial charge in [0.25, 0.3) is 0 Å². The van der Waals surface area contributed by atoms with Gasteiger partial charge in [0, 0.05) is 5.92 Å². The molecule has 5 rings (SSSR count). The predicted molar refractivity (Wildman–Crippen MR) is 122 cm³/mol. The molecule has 0 radical (unpaired) electrons. The Kier molecular flexibility index (Phi) is 6.68. The van der Waals surface area contributed by atoms with Crippen LogP contribution in [0.4, 0.5) is 0 Å². The molecule has 1 aliphatic heterocycles. The molecule has 0 bridgehead atoms. The van der Waals surface area contributed by atoms with Crippen molar-refractivity contribution in [3.05, 3.63) is 108 Å². The second-order valence-electron chi connectivity index (χ2n) is 8.38. The molecule has 0 aromatic heterocycles. The maximum Gasteiger partial charge on any atom is 0.113 e. The minimum absolute atomic E-state index is 0.0414. The van der Waals surface area contributed by atoms with Crippen molar-refractivity contribution in [2.75, 3.05) is 6.54 Å². The molecule has 1 heterocycles. The number of rotatable bonds is 9. The number of benzene rings is 3.